The van der Waals surface area contributed by atoms with Crippen molar-refractivity contribution < 1.29 is 4.74 Å². The number of aromatic nitrogens is 4. The van der Waals surface area contributed by atoms with Crippen LogP contribution in [0.2, 0.25) is 0 Å². The van der Waals surface area contributed by atoms with Gasteiger partial charge >= 0.3 is 0 Å². The molecule has 0 unspecified atom stereocenters. The number of nitrogens with two attached hydrogens (primary N) is 1. The van der Waals surface area contributed by atoms with Gasteiger partial charge < -0.3 is 15.8 Å². The molecule has 0 saturated heterocycles. The fourth-order valence-electron chi connectivity index (χ4n) is 2.65. The van der Waals surface area contributed by atoms with Crippen molar-refractivity contribution in [1.82, 2.24) is 20.2 Å². The molecule has 7 heteroatoms. The van der Waals surface area contributed by atoms with Crippen molar-refractivity contribution in [3.63, 3.8) is 0 Å². The van der Waals surface area contributed by atoms with Crippen molar-refractivity contribution in [1.29, 1.82) is 0 Å². The Kier molecular flexibility index (Phi) is 7.48. The highest BCUT2D eigenvalue weighted by atomic mass is 16.5. The number of nitrogens with zero attached hydrogens (tertiary/aromatic N) is 3. The molecule has 1 aliphatic carbocycles. The van der Waals surface area contributed by atoms with Crippen LogP contribution in [-0.4, -0.2) is 33.9 Å². The predicted molar refractivity (Wildman–Crippen MR) is 96.1 cm³/mol. The van der Waals surface area contributed by atoms with Crippen LogP contribution in [0.4, 0.5) is 17.6 Å². The van der Waals surface area contributed by atoms with Gasteiger partial charge in [0.15, 0.2) is 5.82 Å². The largest absolute Gasteiger partial charge is 0.384 e. The topological polar surface area (TPSA) is 102 Å². The molecule has 4 N–H and O–H groups in total. The second-order valence-electron chi connectivity index (χ2n) is 6.19. The third-order valence-corrected chi connectivity index (χ3v) is 4.03. The Bertz CT molecular complexity index is 594. The minimum absolute atomic E-state index is 0.227. The van der Waals surface area contributed by atoms with E-state index in [1.165, 1.54) is 32.1 Å². The lowest BCUT2D eigenvalue weighted by atomic mass is 9.91. The zero-order valence-corrected chi connectivity index (χ0v) is 14.6. The van der Waals surface area contributed by atoms with Crippen molar-refractivity contribution in [2.75, 3.05) is 24.8 Å². The number of ether oxygens (including phenoxy) is 1. The van der Waals surface area contributed by atoms with E-state index < -0.39 is 0 Å². The van der Waals surface area contributed by atoms with Crippen LogP contribution in [0.25, 0.3) is 0 Å². The summed E-state index contributed by atoms with van der Waals surface area (Å²) >= 11 is 0. The molecule has 0 spiro atoms. The standard InChI is InChI=1S/C10H14N6O.C7H14/c1-17-5-3-7-6-9(16-15-7)13-8-2-4-12-10(11)14-8;1-7-5-3-2-4-6-7/h2,4,6H,3,5H2,1H3,(H4,11,12,13,14,15,16);7H,2-6H2,1H3. The lowest BCUT2D eigenvalue weighted by Crippen LogP contribution is -1.99. The van der Waals surface area contributed by atoms with Crippen molar-refractivity contribution in [2.24, 2.45) is 5.92 Å². The number of hydrogen-bond acceptors (Lipinski definition) is 6. The van der Waals surface area contributed by atoms with Gasteiger partial charge in [-0.05, 0) is 12.0 Å². The highest BCUT2D eigenvalue weighted by molar-refractivity contribution is 5.52. The smallest absolute Gasteiger partial charge is 0.221 e. The first-order valence-electron chi connectivity index (χ1n) is 8.56. The average Bonchev–Trinajstić information content (AvgIpc) is 3.02. The summed E-state index contributed by atoms with van der Waals surface area (Å²) in [5.41, 5.74) is 6.47. The monoisotopic (exact) mass is 332 g/mol. The van der Waals surface area contributed by atoms with Crippen LogP contribution in [0.1, 0.15) is 44.7 Å². The molecule has 2 aromatic heterocycles. The van der Waals surface area contributed by atoms with Crippen LogP contribution in [0.15, 0.2) is 18.3 Å². The minimum atomic E-state index is 0.227. The Morgan fingerprint density at radius 1 is 1.29 bits per heavy atom. The third-order valence-electron chi connectivity index (χ3n) is 4.03. The Morgan fingerprint density at radius 2 is 2.08 bits per heavy atom. The van der Waals surface area contributed by atoms with Gasteiger partial charge in [0.1, 0.15) is 5.82 Å². The van der Waals surface area contributed by atoms with Gasteiger partial charge in [0.05, 0.1) is 6.61 Å². The van der Waals surface area contributed by atoms with E-state index in [4.69, 9.17) is 10.5 Å². The molecule has 0 aromatic carbocycles. The van der Waals surface area contributed by atoms with E-state index in [9.17, 15) is 0 Å². The molecule has 2 aromatic rings. The molecule has 1 aliphatic rings. The summed E-state index contributed by atoms with van der Waals surface area (Å²) in [6, 6.07) is 3.62. The molecule has 1 saturated carbocycles. The van der Waals surface area contributed by atoms with E-state index in [1.807, 2.05) is 6.07 Å². The van der Waals surface area contributed by atoms with E-state index in [2.05, 4.69) is 32.4 Å². The minimum Gasteiger partial charge on any atom is -0.384 e. The first kappa shape index (κ1) is 18.2. The summed E-state index contributed by atoms with van der Waals surface area (Å²) in [4.78, 5) is 7.83. The molecule has 0 radical (unpaired) electrons. The molecule has 1 fully saturated rings. The summed E-state index contributed by atoms with van der Waals surface area (Å²) in [5, 5.41) is 10.0. The van der Waals surface area contributed by atoms with Gasteiger partial charge in [0, 0.05) is 31.5 Å². The number of aromatic amines is 1. The first-order chi connectivity index (χ1) is 11.7. The van der Waals surface area contributed by atoms with Crippen molar-refractivity contribution in [3.05, 3.63) is 24.0 Å². The Labute approximate surface area is 143 Å². The van der Waals surface area contributed by atoms with Crippen LogP contribution in [0.3, 0.4) is 0 Å². The molecule has 0 aliphatic heterocycles. The van der Waals surface area contributed by atoms with E-state index in [0.29, 0.717) is 18.2 Å². The Hall–Kier alpha value is -2.15. The third kappa shape index (κ3) is 6.54. The highest BCUT2D eigenvalue weighted by Gasteiger charge is 2.06. The number of nitrogen functional groups attached to an aromatic ring is 1. The van der Waals surface area contributed by atoms with Crippen molar-refractivity contribution in [3.8, 4) is 0 Å². The fraction of sp³-hybridized carbons (Fsp3) is 0.588. The van der Waals surface area contributed by atoms with Gasteiger partial charge in [0.25, 0.3) is 0 Å². The SMILES string of the molecule is CC1CCCCC1.COCCc1cc(Nc2ccnc(N)n2)n[nH]1. The maximum atomic E-state index is 5.48. The number of nitrogens with one attached hydrogen (secondary N) is 2. The molecule has 24 heavy (non-hydrogen) atoms. The van der Waals surface area contributed by atoms with Crippen LogP contribution < -0.4 is 11.1 Å². The van der Waals surface area contributed by atoms with Crippen LogP contribution in [-0.2, 0) is 11.2 Å². The molecule has 2 heterocycles. The second kappa shape index (κ2) is 9.87. The number of anilines is 3. The zero-order chi connectivity index (χ0) is 17.2. The van der Waals surface area contributed by atoms with Crippen LogP contribution >= 0.6 is 0 Å². The van der Waals surface area contributed by atoms with Crippen LogP contribution in [0, 0.1) is 5.92 Å². The van der Waals surface area contributed by atoms with Gasteiger partial charge in [-0.15, -0.1) is 0 Å². The molecular formula is C17H28N6O. The number of rotatable bonds is 5. The second-order valence-corrected chi connectivity index (χ2v) is 6.19. The molecular weight excluding hydrogens is 304 g/mol. The number of hydrogen-bond donors (Lipinski definition) is 3. The quantitative estimate of drug-likeness (QED) is 0.776. The van der Waals surface area contributed by atoms with Crippen molar-refractivity contribution in [2.45, 2.75) is 45.4 Å². The van der Waals surface area contributed by atoms with Gasteiger partial charge in [-0.2, -0.15) is 10.1 Å². The van der Waals surface area contributed by atoms with E-state index in [1.54, 1.807) is 19.4 Å². The maximum absolute atomic E-state index is 5.48. The summed E-state index contributed by atoms with van der Waals surface area (Å²) in [6.07, 6.45) is 9.81. The normalized spacial score (nSPS) is 14.8. The lowest BCUT2D eigenvalue weighted by Gasteiger charge is -2.15. The van der Waals surface area contributed by atoms with Crippen molar-refractivity contribution >= 4 is 17.6 Å². The van der Waals surface area contributed by atoms with E-state index in [-0.39, 0.29) is 5.95 Å². The molecule has 132 valence electrons. The molecule has 0 amide bonds. The summed E-state index contributed by atoms with van der Waals surface area (Å²) < 4.78 is 4.98. The van der Waals surface area contributed by atoms with E-state index >= 15 is 0 Å². The van der Waals surface area contributed by atoms with E-state index in [0.717, 1.165) is 18.0 Å². The van der Waals surface area contributed by atoms with Gasteiger partial charge in [-0.3, -0.25) is 5.10 Å². The first-order valence-corrected chi connectivity index (χ1v) is 8.56. The molecule has 7 nitrogen and oxygen atoms in total. The average molecular weight is 332 g/mol. The Morgan fingerprint density at radius 3 is 2.71 bits per heavy atom. The highest BCUT2D eigenvalue weighted by Crippen LogP contribution is 2.22. The number of H-pyrrole nitrogens is 1. The predicted octanol–water partition coefficient (Wildman–Crippen LogP) is 3.30. The molecule has 3 rings (SSSR count). The van der Waals surface area contributed by atoms with Gasteiger partial charge in [0.2, 0.25) is 5.95 Å². The van der Waals surface area contributed by atoms with Gasteiger partial charge in [-0.25, -0.2) is 4.98 Å². The molecule has 0 bridgehead atoms. The summed E-state index contributed by atoms with van der Waals surface area (Å²) in [6.45, 7) is 3.02. The summed E-state index contributed by atoms with van der Waals surface area (Å²) in [7, 11) is 1.67. The zero-order valence-electron chi connectivity index (χ0n) is 14.6. The lowest BCUT2D eigenvalue weighted by molar-refractivity contribution is 0.201. The fourth-order valence-corrected chi connectivity index (χ4v) is 2.65. The maximum Gasteiger partial charge on any atom is 0.221 e. The number of methoxy groups -OCH3 is 1. The van der Waals surface area contributed by atoms with Gasteiger partial charge in [-0.1, -0.05) is 39.0 Å². The van der Waals surface area contributed by atoms with Crippen LogP contribution in [0.5, 0.6) is 0 Å². The Balaban J connectivity index is 0.000000249. The molecule has 0 atom stereocenters. The summed E-state index contributed by atoms with van der Waals surface area (Å²) in [5.74, 6) is 2.57.